The maximum Gasteiger partial charge on any atom is 0.277 e. The summed E-state index contributed by atoms with van der Waals surface area (Å²) in [5, 5.41) is 15.7. The summed E-state index contributed by atoms with van der Waals surface area (Å²) in [4.78, 5) is 24.2. The van der Waals surface area contributed by atoms with Crippen molar-refractivity contribution in [3.63, 3.8) is 0 Å². The van der Waals surface area contributed by atoms with Crippen LogP contribution >= 0.6 is 0 Å². The molecule has 0 aliphatic carbocycles. The molecule has 1 aromatic heterocycles. The van der Waals surface area contributed by atoms with Crippen LogP contribution in [0, 0.1) is 24.0 Å². The van der Waals surface area contributed by atoms with E-state index >= 15 is 0 Å². The molecule has 0 unspecified atom stereocenters. The van der Waals surface area contributed by atoms with Gasteiger partial charge < -0.3 is 4.74 Å². The number of ketones is 1. The topological polar surface area (TPSA) is 87.3 Å². The highest BCUT2D eigenvalue weighted by molar-refractivity contribution is 6.12. The highest BCUT2D eigenvalue weighted by atomic mass is 16.6. The number of nitro benzene ring substituents is 1. The van der Waals surface area contributed by atoms with Crippen LogP contribution in [0.4, 0.5) is 5.69 Å². The van der Waals surface area contributed by atoms with E-state index in [0.29, 0.717) is 33.8 Å². The van der Waals surface area contributed by atoms with Gasteiger partial charge in [0.2, 0.25) is 11.7 Å². The lowest BCUT2D eigenvalue weighted by atomic mass is 9.90. The minimum absolute atomic E-state index is 0.00683. The second kappa shape index (κ2) is 7.11. The minimum atomic E-state index is -0.418. The smallest absolute Gasteiger partial charge is 0.277 e. The van der Waals surface area contributed by atoms with Gasteiger partial charge >= 0.3 is 0 Å². The molecular weight excluding hydrogens is 334 g/mol. The van der Waals surface area contributed by atoms with Crippen LogP contribution in [0.1, 0.15) is 53.5 Å². The van der Waals surface area contributed by atoms with Crippen LogP contribution in [-0.4, -0.2) is 27.6 Å². The van der Waals surface area contributed by atoms with Crippen LogP contribution < -0.4 is 4.74 Å². The first-order chi connectivity index (χ1) is 12.1. The zero-order valence-electron chi connectivity index (χ0n) is 16.1. The molecule has 0 fully saturated rings. The molecule has 0 bridgehead atoms. The molecule has 1 aromatic carbocycles. The third-order valence-electron chi connectivity index (χ3n) is 4.60. The Kier molecular flexibility index (Phi) is 5.30. The predicted octanol–water partition coefficient (Wildman–Crippen LogP) is 4.00. The van der Waals surface area contributed by atoms with Crippen molar-refractivity contribution < 1.29 is 14.5 Å². The quantitative estimate of drug-likeness (QED) is 0.458. The van der Waals surface area contributed by atoms with Crippen molar-refractivity contribution in [1.82, 2.24) is 9.78 Å². The van der Waals surface area contributed by atoms with Gasteiger partial charge in [0.05, 0.1) is 23.3 Å². The number of methoxy groups -OCH3 is 1. The first-order valence-corrected chi connectivity index (χ1v) is 8.16. The monoisotopic (exact) mass is 357 g/mol. The molecule has 0 aliphatic rings. The third-order valence-corrected chi connectivity index (χ3v) is 4.60. The Morgan fingerprint density at radius 3 is 2.31 bits per heavy atom. The first kappa shape index (κ1) is 19.4. The number of ether oxygens (including phenoxy) is 1. The van der Waals surface area contributed by atoms with Gasteiger partial charge in [-0.1, -0.05) is 5.57 Å². The largest absolute Gasteiger partial charge is 0.481 e. The lowest BCUT2D eigenvalue weighted by Crippen LogP contribution is -2.09. The molecule has 0 spiro atoms. The number of allylic oxidation sites excluding steroid dienone is 2. The van der Waals surface area contributed by atoms with Crippen molar-refractivity contribution in [2.45, 2.75) is 34.6 Å². The van der Waals surface area contributed by atoms with E-state index in [-0.39, 0.29) is 11.5 Å². The number of aryl methyl sites for hydroxylation is 2. The molecule has 2 aromatic rings. The summed E-state index contributed by atoms with van der Waals surface area (Å²) in [5.41, 5.74) is 4.12. The van der Waals surface area contributed by atoms with E-state index < -0.39 is 4.92 Å². The van der Waals surface area contributed by atoms with E-state index in [0.717, 1.165) is 11.1 Å². The molecule has 138 valence electrons. The van der Waals surface area contributed by atoms with Gasteiger partial charge in [0.1, 0.15) is 5.56 Å². The minimum Gasteiger partial charge on any atom is -0.481 e. The Morgan fingerprint density at radius 2 is 1.81 bits per heavy atom. The van der Waals surface area contributed by atoms with Crippen LogP contribution in [0.25, 0.3) is 5.57 Å². The molecule has 0 amide bonds. The number of carbonyl (C=O) groups excluding carboxylic acids is 1. The van der Waals surface area contributed by atoms with Crippen LogP contribution in [0.3, 0.4) is 0 Å². The van der Waals surface area contributed by atoms with Gasteiger partial charge in [0.15, 0.2) is 0 Å². The van der Waals surface area contributed by atoms with Gasteiger partial charge in [-0.15, -0.1) is 0 Å². The molecule has 7 nitrogen and oxygen atoms in total. The maximum atomic E-state index is 13.2. The third kappa shape index (κ3) is 3.12. The van der Waals surface area contributed by atoms with Crippen molar-refractivity contribution in [3.05, 3.63) is 55.8 Å². The Morgan fingerprint density at radius 1 is 1.19 bits per heavy atom. The summed E-state index contributed by atoms with van der Waals surface area (Å²) in [6, 6.07) is 2.89. The normalized spacial score (nSPS) is 10.6. The summed E-state index contributed by atoms with van der Waals surface area (Å²) < 4.78 is 6.82. The number of rotatable bonds is 5. The summed E-state index contributed by atoms with van der Waals surface area (Å²) in [6.07, 6.45) is 0. The van der Waals surface area contributed by atoms with Gasteiger partial charge in [-0.05, 0) is 51.8 Å². The zero-order chi connectivity index (χ0) is 19.8. The lowest BCUT2D eigenvalue weighted by molar-refractivity contribution is -0.385. The fourth-order valence-corrected chi connectivity index (χ4v) is 3.09. The number of benzene rings is 1. The van der Waals surface area contributed by atoms with Gasteiger partial charge in [0.25, 0.3) is 5.69 Å². The highest BCUT2D eigenvalue weighted by Gasteiger charge is 2.27. The van der Waals surface area contributed by atoms with Crippen molar-refractivity contribution in [1.29, 1.82) is 0 Å². The van der Waals surface area contributed by atoms with Gasteiger partial charge in [-0.2, -0.15) is 5.10 Å². The molecule has 0 saturated carbocycles. The SMILES string of the molecule is COc1c(C(=O)c2ccc([N+](=O)[O-])c(C(C)=C(C)C)c2C)c(C)nn1C. The lowest BCUT2D eigenvalue weighted by Gasteiger charge is -2.13. The van der Waals surface area contributed by atoms with Crippen LogP contribution in [-0.2, 0) is 7.05 Å². The summed E-state index contributed by atoms with van der Waals surface area (Å²) >= 11 is 0. The van der Waals surface area contributed by atoms with Crippen LogP contribution in [0.15, 0.2) is 17.7 Å². The number of hydrogen-bond donors (Lipinski definition) is 0. The number of hydrogen-bond acceptors (Lipinski definition) is 5. The summed E-state index contributed by atoms with van der Waals surface area (Å²) in [5.74, 6) is 0.105. The molecule has 2 rings (SSSR count). The number of nitro groups is 1. The van der Waals surface area contributed by atoms with E-state index in [1.54, 1.807) is 20.9 Å². The van der Waals surface area contributed by atoms with E-state index in [9.17, 15) is 14.9 Å². The predicted molar refractivity (Wildman–Crippen MR) is 99.7 cm³/mol. The second-order valence-corrected chi connectivity index (χ2v) is 6.44. The summed E-state index contributed by atoms with van der Waals surface area (Å²) in [7, 11) is 3.18. The Labute approximate surface area is 152 Å². The Bertz CT molecular complexity index is 935. The zero-order valence-corrected chi connectivity index (χ0v) is 16.1. The fraction of sp³-hybridized carbons (Fsp3) is 0.368. The van der Waals surface area contributed by atoms with Gasteiger partial charge in [0, 0.05) is 18.7 Å². The van der Waals surface area contributed by atoms with Crippen LogP contribution in [0.5, 0.6) is 5.88 Å². The van der Waals surface area contributed by atoms with Crippen molar-refractivity contribution in [2.75, 3.05) is 7.11 Å². The molecule has 1 heterocycles. The van der Waals surface area contributed by atoms with Crippen molar-refractivity contribution in [3.8, 4) is 5.88 Å². The summed E-state index contributed by atoms with van der Waals surface area (Å²) in [6.45, 7) is 9.08. The Balaban J connectivity index is 2.77. The standard InChI is InChI=1S/C19H23N3O4/c1-10(2)11(3)16-12(4)14(8-9-15(16)22(24)25)18(23)17-13(5)20-21(6)19(17)26-7/h8-9H,1-7H3. The maximum absolute atomic E-state index is 13.2. The molecule has 26 heavy (non-hydrogen) atoms. The molecule has 0 atom stereocenters. The average Bonchev–Trinajstić information content (AvgIpc) is 2.86. The van der Waals surface area contributed by atoms with E-state index in [4.69, 9.17) is 4.74 Å². The number of carbonyl (C=O) groups is 1. The number of aromatic nitrogens is 2. The van der Waals surface area contributed by atoms with Gasteiger partial charge in [-0.3, -0.25) is 14.9 Å². The molecular formula is C19H23N3O4. The molecule has 7 heteroatoms. The van der Waals surface area contributed by atoms with E-state index in [2.05, 4.69) is 5.10 Å². The molecule has 0 saturated heterocycles. The first-order valence-electron chi connectivity index (χ1n) is 8.16. The highest BCUT2D eigenvalue weighted by Crippen LogP contribution is 2.35. The average molecular weight is 357 g/mol. The van der Waals surface area contributed by atoms with Crippen molar-refractivity contribution in [2.24, 2.45) is 7.05 Å². The van der Waals surface area contributed by atoms with Crippen LogP contribution in [0.2, 0.25) is 0 Å². The number of nitrogens with zero attached hydrogens (tertiary/aromatic N) is 3. The molecule has 0 aliphatic heterocycles. The van der Waals surface area contributed by atoms with Gasteiger partial charge in [-0.25, -0.2) is 4.68 Å². The van der Waals surface area contributed by atoms with E-state index in [1.807, 2.05) is 20.8 Å². The van der Waals surface area contributed by atoms with Crippen molar-refractivity contribution >= 4 is 17.0 Å². The Hall–Kier alpha value is -2.96. The molecule has 0 radical (unpaired) electrons. The second-order valence-electron chi connectivity index (χ2n) is 6.44. The van der Waals surface area contributed by atoms with E-state index in [1.165, 1.54) is 23.9 Å². The molecule has 0 N–H and O–H groups in total. The fourth-order valence-electron chi connectivity index (χ4n) is 3.09.